The highest BCUT2D eigenvalue weighted by Crippen LogP contribution is 2.32. The van der Waals surface area contributed by atoms with Gasteiger partial charge in [-0.05, 0) is 48.5 Å². The number of carbonyl (C=O) groups excluding carboxylic acids is 2. The molecule has 0 aliphatic heterocycles. The van der Waals surface area contributed by atoms with Crippen molar-refractivity contribution in [3.05, 3.63) is 83.4 Å². The molecule has 0 radical (unpaired) electrons. The maximum Gasteiger partial charge on any atom is 0.416 e. The number of aromatic nitrogens is 1. The van der Waals surface area contributed by atoms with Gasteiger partial charge < -0.3 is 15.6 Å². The van der Waals surface area contributed by atoms with Crippen molar-refractivity contribution in [1.29, 1.82) is 0 Å². The minimum atomic E-state index is -4.66. The van der Waals surface area contributed by atoms with Gasteiger partial charge in [-0.1, -0.05) is 0 Å². The zero-order chi connectivity index (χ0) is 20.5. The van der Waals surface area contributed by atoms with Gasteiger partial charge in [-0.15, -0.1) is 0 Å². The van der Waals surface area contributed by atoms with Crippen molar-refractivity contribution in [3.63, 3.8) is 0 Å². The SMILES string of the molecule is NC(=O)c1ccc(NC(=O)c2cc(-n3cccc3)cc(C(F)(F)F)c2)cc1F. The maximum atomic E-state index is 13.8. The number of alkyl halides is 3. The van der Waals surface area contributed by atoms with Crippen LogP contribution in [0.25, 0.3) is 5.69 Å². The molecule has 1 heterocycles. The normalized spacial score (nSPS) is 11.3. The number of hydrogen-bond donors (Lipinski definition) is 2. The molecule has 0 bridgehead atoms. The summed E-state index contributed by atoms with van der Waals surface area (Å²) in [5.41, 5.74) is 3.47. The number of carbonyl (C=O) groups is 2. The van der Waals surface area contributed by atoms with E-state index >= 15 is 0 Å². The van der Waals surface area contributed by atoms with E-state index in [1.54, 1.807) is 12.1 Å². The van der Waals surface area contributed by atoms with Crippen LogP contribution in [0.3, 0.4) is 0 Å². The summed E-state index contributed by atoms with van der Waals surface area (Å²) in [6.07, 6.45) is -1.59. The van der Waals surface area contributed by atoms with Crippen LogP contribution in [0.4, 0.5) is 23.2 Å². The highest BCUT2D eigenvalue weighted by Gasteiger charge is 2.32. The Labute approximate surface area is 156 Å². The van der Waals surface area contributed by atoms with Gasteiger partial charge in [0.2, 0.25) is 0 Å². The molecule has 3 N–H and O–H groups in total. The Kier molecular flexibility index (Phi) is 4.91. The van der Waals surface area contributed by atoms with Crippen LogP contribution in [-0.2, 0) is 6.18 Å². The minimum Gasteiger partial charge on any atom is -0.366 e. The van der Waals surface area contributed by atoms with E-state index in [4.69, 9.17) is 5.73 Å². The number of nitrogens with two attached hydrogens (primary N) is 1. The molecule has 28 heavy (non-hydrogen) atoms. The van der Waals surface area contributed by atoms with Crippen molar-refractivity contribution in [1.82, 2.24) is 4.57 Å². The van der Waals surface area contributed by atoms with E-state index in [0.29, 0.717) is 6.07 Å². The van der Waals surface area contributed by atoms with Crippen molar-refractivity contribution in [2.45, 2.75) is 6.18 Å². The lowest BCUT2D eigenvalue weighted by molar-refractivity contribution is -0.137. The molecule has 1 aromatic heterocycles. The molecule has 0 fully saturated rings. The highest BCUT2D eigenvalue weighted by atomic mass is 19.4. The van der Waals surface area contributed by atoms with Crippen LogP contribution in [0, 0.1) is 5.82 Å². The van der Waals surface area contributed by atoms with Gasteiger partial charge in [0.15, 0.2) is 0 Å². The number of rotatable bonds is 4. The first-order valence-corrected chi connectivity index (χ1v) is 7.91. The van der Waals surface area contributed by atoms with Crippen molar-refractivity contribution in [2.24, 2.45) is 5.73 Å². The van der Waals surface area contributed by atoms with Crippen molar-refractivity contribution < 1.29 is 27.2 Å². The summed E-state index contributed by atoms with van der Waals surface area (Å²) in [6, 6.07) is 9.31. The Bertz CT molecular complexity index is 1040. The molecule has 0 unspecified atom stereocenters. The van der Waals surface area contributed by atoms with E-state index in [0.717, 1.165) is 18.2 Å². The predicted molar refractivity (Wildman–Crippen MR) is 93.6 cm³/mol. The third-order valence-electron chi connectivity index (χ3n) is 3.90. The number of nitrogens with zero attached hydrogens (tertiary/aromatic N) is 1. The second-order valence-corrected chi connectivity index (χ2v) is 5.87. The van der Waals surface area contributed by atoms with Gasteiger partial charge in [0, 0.05) is 29.3 Å². The molecular weight excluding hydrogens is 378 g/mol. The fourth-order valence-corrected chi connectivity index (χ4v) is 2.56. The second kappa shape index (κ2) is 7.18. The molecule has 5 nitrogen and oxygen atoms in total. The molecule has 2 amide bonds. The van der Waals surface area contributed by atoms with Gasteiger partial charge in [-0.2, -0.15) is 13.2 Å². The number of halogens is 4. The number of amides is 2. The topological polar surface area (TPSA) is 77.1 Å². The van der Waals surface area contributed by atoms with Gasteiger partial charge in [0.05, 0.1) is 11.1 Å². The van der Waals surface area contributed by atoms with Crippen LogP contribution in [0.5, 0.6) is 0 Å². The maximum absolute atomic E-state index is 13.8. The lowest BCUT2D eigenvalue weighted by Crippen LogP contribution is -2.16. The quantitative estimate of drug-likeness (QED) is 0.660. The van der Waals surface area contributed by atoms with E-state index in [-0.39, 0.29) is 22.5 Å². The van der Waals surface area contributed by atoms with Crippen LogP contribution in [0.1, 0.15) is 26.3 Å². The standard InChI is InChI=1S/C19H13F4N3O2/c20-16-10-13(3-4-15(16)17(24)27)25-18(28)11-7-12(19(21,22)23)9-14(8-11)26-5-1-2-6-26/h1-10H,(H2,24,27)(H,25,28). The molecule has 0 spiro atoms. The molecule has 3 rings (SSSR count). The molecule has 9 heteroatoms. The fourth-order valence-electron chi connectivity index (χ4n) is 2.56. The lowest BCUT2D eigenvalue weighted by Gasteiger charge is -2.13. The van der Waals surface area contributed by atoms with E-state index in [1.165, 1.54) is 29.1 Å². The van der Waals surface area contributed by atoms with Crippen LogP contribution in [-0.4, -0.2) is 16.4 Å². The zero-order valence-corrected chi connectivity index (χ0v) is 14.1. The molecule has 0 aliphatic rings. The van der Waals surface area contributed by atoms with Crippen molar-refractivity contribution >= 4 is 17.5 Å². The Balaban J connectivity index is 1.96. The van der Waals surface area contributed by atoms with Gasteiger partial charge in [-0.25, -0.2) is 4.39 Å². The average molecular weight is 391 g/mol. The summed E-state index contributed by atoms with van der Waals surface area (Å²) in [7, 11) is 0. The first-order chi connectivity index (χ1) is 13.1. The third-order valence-corrected chi connectivity index (χ3v) is 3.90. The summed E-state index contributed by atoms with van der Waals surface area (Å²) in [6.45, 7) is 0. The largest absolute Gasteiger partial charge is 0.416 e. The smallest absolute Gasteiger partial charge is 0.366 e. The molecule has 3 aromatic rings. The molecule has 0 saturated heterocycles. The monoisotopic (exact) mass is 391 g/mol. The second-order valence-electron chi connectivity index (χ2n) is 5.87. The Hall–Kier alpha value is -3.62. The summed E-state index contributed by atoms with van der Waals surface area (Å²) in [4.78, 5) is 23.5. The van der Waals surface area contributed by atoms with Crippen molar-refractivity contribution in [3.8, 4) is 5.69 Å². The molecule has 0 saturated carbocycles. The molecule has 144 valence electrons. The van der Waals surface area contributed by atoms with Crippen LogP contribution in [0.15, 0.2) is 60.9 Å². The van der Waals surface area contributed by atoms with Crippen LogP contribution >= 0.6 is 0 Å². The summed E-state index contributed by atoms with van der Waals surface area (Å²) >= 11 is 0. The Morgan fingerprint density at radius 2 is 1.68 bits per heavy atom. The van der Waals surface area contributed by atoms with Gasteiger partial charge in [0.1, 0.15) is 5.82 Å². The van der Waals surface area contributed by atoms with Crippen molar-refractivity contribution in [2.75, 3.05) is 5.32 Å². The molecule has 0 atom stereocenters. The number of benzene rings is 2. The third kappa shape index (κ3) is 4.03. The first kappa shape index (κ1) is 19.2. The Morgan fingerprint density at radius 1 is 1.00 bits per heavy atom. The number of primary amides is 1. The van der Waals surface area contributed by atoms with Crippen LogP contribution < -0.4 is 11.1 Å². The summed E-state index contributed by atoms with van der Waals surface area (Å²) in [5.74, 6) is -2.81. The van der Waals surface area contributed by atoms with E-state index in [1.807, 2.05) is 0 Å². The number of anilines is 1. The Morgan fingerprint density at radius 3 is 2.25 bits per heavy atom. The molecule has 0 aliphatic carbocycles. The van der Waals surface area contributed by atoms with Gasteiger partial charge in [-0.3, -0.25) is 9.59 Å². The zero-order valence-electron chi connectivity index (χ0n) is 14.1. The lowest BCUT2D eigenvalue weighted by atomic mass is 10.1. The van der Waals surface area contributed by atoms with E-state index in [9.17, 15) is 27.2 Å². The van der Waals surface area contributed by atoms with E-state index < -0.39 is 29.4 Å². The van der Waals surface area contributed by atoms with E-state index in [2.05, 4.69) is 5.32 Å². The summed E-state index contributed by atoms with van der Waals surface area (Å²) in [5, 5.41) is 2.31. The fraction of sp³-hybridized carbons (Fsp3) is 0.0526. The number of hydrogen-bond acceptors (Lipinski definition) is 2. The average Bonchev–Trinajstić information content (AvgIpc) is 3.15. The number of nitrogens with one attached hydrogen (secondary N) is 1. The highest BCUT2D eigenvalue weighted by molar-refractivity contribution is 6.05. The predicted octanol–water partition coefficient (Wildman–Crippen LogP) is 3.99. The van der Waals surface area contributed by atoms with Gasteiger partial charge in [0.25, 0.3) is 11.8 Å². The summed E-state index contributed by atoms with van der Waals surface area (Å²) < 4.78 is 54.9. The van der Waals surface area contributed by atoms with Crippen LogP contribution in [0.2, 0.25) is 0 Å². The molecular formula is C19H13F4N3O2. The minimum absolute atomic E-state index is 0.0348. The molecule has 2 aromatic carbocycles. The first-order valence-electron chi connectivity index (χ1n) is 7.91. The van der Waals surface area contributed by atoms with Gasteiger partial charge >= 0.3 is 6.18 Å².